The van der Waals surface area contributed by atoms with Crippen molar-refractivity contribution in [1.82, 2.24) is 9.62 Å². The summed E-state index contributed by atoms with van der Waals surface area (Å²) < 4.78 is 30.8. The monoisotopic (exact) mass is 445 g/mol. The average molecular weight is 445 g/mol. The molecule has 0 saturated carbocycles. The highest BCUT2D eigenvalue weighted by atomic mass is 32.2. The molecule has 0 heterocycles. The van der Waals surface area contributed by atoms with E-state index in [1.807, 2.05) is 10.8 Å². The number of nitrogens with zero attached hydrogens (tertiary/aromatic N) is 1. The number of methoxy groups -OCH3 is 1. The van der Waals surface area contributed by atoms with Gasteiger partial charge in [-0.1, -0.05) is 12.1 Å². The van der Waals surface area contributed by atoms with E-state index >= 15 is 0 Å². The quantitative estimate of drug-likeness (QED) is 0.596. The molecule has 0 atom stereocenters. The van der Waals surface area contributed by atoms with Crippen LogP contribution < -0.4 is 14.8 Å². The van der Waals surface area contributed by atoms with Gasteiger partial charge in [-0.2, -0.15) is 0 Å². The summed E-state index contributed by atoms with van der Waals surface area (Å²) in [7, 11) is -0.911. The lowest BCUT2D eigenvalue weighted by Crippen LogP contribution is -2.33. The number of ether oxygens (including phenoxy) is 1. The third-order valence-electron chi connectivity index (χ3n) is 4.00. The van der Waals surface area contributed by atoms with E-state index in [2.05, 4.69) is 5.32 Å². The lowest BCUT2D eigenvalue weighted by Gasteiger charge is -2.15. The first kappa shape index (κ1) is 23.6. The molecule has 10 heteroatoms. The van der Waals surface area contributed by atoms with Gasteiger partial charge in [-0.15, -0.1) is 0 Å². The third-order valence-corrected chi connectivity index (χ3v) is 5.44. The SMILES string of the molecule is COc1cccc(/C=C/C(=O)N(C)CC(=O)Nc2ccc(S(=O)(=O)NC(C)=O)cc2)c1. The molecule has 0 aliphatic carbocycles. The molecule has 0 aliphatic rings. The van der Waals surface area contributed by atoms with Gasteiger partial charge in [-0.25, -0.2) is 13.1 Å². The Kier molecular flexibility index (Phi) is 7.92. The molecule has 2 N–H and O–H groups in total. The number of likely N-dealkylation sites (N-methyl/N-ethyl adjacent to an activating group) is 1. The molecule has 0 bridgehead atoms. The summed E-state index contributed by atoms with van der Waals surface area (Å²) in [5.41, 5.74) is 1.12. The van der Waals surface area contributed by atoms with E-state index in [4.69, 9.17) is 4.74 Å². The molecule has 0 aliphatic heterocycles. The van der Waals surface area contributed by atoms with E-state index in [1.54, 1.807) is 31.4 Å². The zero-order chi connectivity index (χ0) is 23.0. The van der Waals surface area contributed by atoms with Crippen molar-refractivity contribution >= 4 is 39.5 Å². The topological polar surface area (TPSA) is 122 Å². The molecule has 31 heavy (non-hydrogen) atoms. The molecular weight excluding hydrogens is 422 g/mol. The summed E-state index contributed by atoms with van der Waals surface area (Å²) >= 11 is 0. The van der Waals surface area contributed by atoms with Crippen molar-refractivity contribution in [2.45, 2.75) is 11.8 Å². The molecule has 0 radical (unpaired) electrons. The minimum absolute atomic E-state index is 0.115. The smallest absolute Gasteiger partial charge is 0.264 e. The second-order valence-corrected chi connectivity index (χ2v) is 8.22. The number of anilines is 1. The van der Waals surface area contributed by atoms with Gasteiger partial charge in [0.2, 0.25) is 17.7 Å². The fourth-order valence-electron chi connectivity index (χ4n) is 2.50. The van der Waals surface area contributed by atoms with Crippen LogP contribution in [-0.2, 0) is 24.4 Å². The molecule has 2 aromatic rings. The predicted molar refractivity (Wildman–Crippen MR) is 116 cm³/mol. The van der Waals surface area contributed by atoms with Crippen LogP contribution in [0.2, 0.25) is 0 Å². The van der Waals surface area contributed by atoms with Crippen molar-refractivity contribution < 1.29 is 27.5 Å². The summed E-state index contributed by atoms with van der Waals surface area (Å²) in [4.78, 5) is 36.5. The van der Waals surface area contributed by atoms with E-state index in [-0.39, 0.29) is 17.3 Å². The van der Waals surface area contributed by atoms with Crippen molar-refractivity contribution in [2.75, 3.05) is 26.0 Å². The van der Waals surface area contributed by atoms with Crippen molar-refractivity contribution in [1.29, 1.82) is 0 Å². The maximum atomic E-state index is 12.2. The molecular formula is C21H23N3O6S. The molecule has 9 nitrogen and oxygen atoms in total. The molecule has 0 fully saturated rings. The van der Waals surface area contributed by atoms with Crippen LogP contribution in [0.15, 0.2) is 59.5 Å². The number of rotatable bonds is 8. The molecule has 2 rings (SSSR count). The van der Waals surface area contributed by atoms with Gasteiger partial charge in [-0.05, 0) is 48.0 Å². The van der Waals surface area contributed by atoms with Crippen LogP contribution in [0.25, 0.3) is 6.08 Å². The fourth-order valence-corrected chi connectivity index (χ4v) is 3.49. The highest BCUT2D eigenvalue weighted by molar-refractivity contribution is 7.90. The summed E-state index contributed by atoms with van der Waals surface area (Å²) in [6.45, 7) is 0.892. The van der Waals surface area contributed by atoms with Crippen LogP contribution in [0.4, 0.5) is 5.69 Å². The number of carbonyl (C=O) groups excluding carboxylic acids is 3. The number of carbonyl (C=O) groups is 3. The summed E-state index contributed by atoms with van der Waals surface area (Å²) in [6.07, 6.45) is 2.97. The highest BCUT2D eigenvalue weighted by Gasteiger charge is 2.16. The van der Waals surface area contributed by atoms with Gasteiger partial charge in [0.25, 0.3) is 10.0 Å². The maximum absolute atomic E-state index is 12.2. The van der Waals surface area contributed by atoms with Crippen LogP contribution >= 0.6 is 0 Å². The molecule has 2 aromatic carbocycles. The summed E-state index contributed by atoms with van der Waals surface area (Å²) in [6, 6.07) is 12.5. The Bertz CT molecular complexity index is 1090. The highest BCUT2D eigenvalue weighted by Crippen LogP contribution is 2.15. The zero-order valence-electron chi connectivity index (χ0n) is 17.3. The number of nitrogens with one attached hydrogen (secondary N) is 2. The lowest BCUT2D eigenvalue weighted by atomic mass is 10.2. The van der Waals surface area contributed by atoms with E-state index < -0.39 is 21.8 Å². The van der Waals surface area contributed by atoms with Gasteiger partial charge in [0.1, 0.15) is 5.75 Å². The first-order chi connectivity index (χ1) is 14.6. The number of sulfonamides is 1. The van der Waals surface area contributed by atoms with E-state index in [9.17, 15) is 22.8 Å². The minimum Gasteiger partial charge on any atom is -0.497 e. The molecule has 0 spiro atoms. The van der Waals surface area contributed by atoms with Gasteiger partial charge in [-0.3, -0.25) is 14.4 Å². The van der Waals surface area contributed by atoms with Crippen LogP contribution in [-0.4, -0.2) is 51.7 Å². The average Bonchev–Trinajstić information content (AvgIpc) is 2.71. The van der Waals surface area contributed by atoms with Gasteiger partial charge < -0.3 is 15.0 Å². The second-order valence-electron chi connectivity index (χ2n) is 6.54. The Morgan fingerprint density at radius 3 is 2.39 bits per heavy atom. The Balaban J connectivity index is 1.93. The van der Waals surface area contributed by atoms with E-state index in [0.29, 0.717) is 11.4 Å². The number of benzene rings is 2. The largest absolute Gasteiger partial charge is 0.497 e. The van der Waals surface area contributed by atoms with Gasteiger partial charge in [0.15, 0.2) is 0 Å². The standard InChI is InChI=1S/C21H23N3O6S/c1-15(25)23-31(28,29)19-10-8-17(9-11-19)22-20(26)14-24(2)21(27)12-7-16-5-4-6-18(13-16)30-3/h4-13H,14H2,1-3H3,(H,22,26)(H,23,25)/b12-7+. The van der Waals surface area contributed by atoms with Gasteiger partial charge >= 0.3 is 0 Å². The van der Waals surface area contributed by atoms with Crippen molar-refractivity contribution in [3.63, 3.8) is 0 Å². The van der Waals surface area contributed by atoms with Crippen LogP contribution in [0.1, 0.15) is 12.5 Å². The van der Waals surface area contributed by atoms with Crippen molar-refractivity contribution in [2.24, 2.45) is 0 Å². The Hall–Kier alpha value is -3.66. The molecule has 0 unspecified atom stereocenters. The normalized spacial score (nSPS) is 11.1. The van der Waals surface area contributed by atoms with Crippen LogP contribution in [0.3, 0.4) is 0 Å². The molecule has 3 amide bonds. The second kappa shape index (κ2) is 10.4. The molecule has 164 valence electrons. The Morgan fingerprint density at radius 1 is 1.10 bits per heavy atom. The molecule has 0 saturated heterocycles. The third kappa shape index (κ3) is 7.27. The number of hydrogen-bond donors (Lipinski definition) is 2. The van der Waals surface area contributed by atoms with Crippen molar-refractivity contribution in [3.05, 3.63) is 60.2 Å². The first-order valence-corrected chi connectivity index (χ1v) is 10.6. The zero-order valence-corrected chi connectivity index (χ0v) is 18.1. The lowest BCUT2D eigenvalue weighted by molar-refractivity contribution is -0.129. The summed E-state index contributed by atoms with van der Waals surface area (Å²) in [5, 5.41) is 2.58. The first-order valence-electron chi connectivity index (χ1n) is 9.11. The Labute approximate surface area is 180 Å². The van der Waals surface area contributed by atoms with Crippen LogP contribution in [0.5, 0.6) is 5.75 Å². The summed E-state index contributed by atoms with van der Waals surface area (Å²) in [5.74, 6) is -0.860. The van der Waals surface area contributed by atoms with E-state index in [1.165, 1.54) is 42.3 Å². The van der Waals surface area contributed by atoms with Gasteiger partial charge in [0.05, 0.1) is 18.6 Å². The minimum atomic E-state index is -3.95. The Morgan fingerprint density at radius 2 is 1.77 bits per heavy atom. The number of hydrogen-bond acceptors (Lipinski definition) is 6. The van der Waals surface area contributed by atoms with Crippen molar-refractivity contribution in [3.8, 4) is 5.75 Å². The van der Waals surface area contributed by atoms with E-state index in [0.717, 1.165) is 12.5 Å². The van der Waals surface area contributed by atoms with Crippen LogP contribution in [0, 0.1) is 0 Å². The molecule has 0 aromatic heterocycles. The predicted octanol–water partition coefficient (Wildman–Crippen LogP) is 1.63. The van der Waals surface area contributed by atoms with Gasteiger partial charge in [0, 0.05) is 25.7 Å². The fraction of sp³-hybridized carbons (Fsp3) is 0.190. The maximum Gasteiger partial charge on any atom is 0.264 e. The number of amides is 3.